The number of allylic oxidation sites excluding steroid dienone is 2. The number of aliphatic hydroxyl groups is 1. The zero-order valence-corrected chi connectivity index (χ0v) is 6.94. The molecule has 1 nitrogen and oxygen atoms in total. The fourth-order valence-electron chi connectivity index (χ4n) is 1.05. The monoisotopic (exact) mass is 158 g/mol. The Labute approximate surface area is 66.0 Å². The summed E-state index contributed by atoms with van der Waals surface area (Å²) in [7, 11) is 0. The predicted molar refractivity (Wildman–Crippen MR) is 42.9 cm³/mol. The molecule has 0 aromatic heterocycles. The van der Waals surface area contributed by atoms with Gasteiger partial charge < -0.3 is 5.11 Å². The van der Waals surface area contributed by atoms with E-state index in [0.717, 1.165) is 10.6 Å². The molecule has 0 saturated carbocycles. The quantitative estimate of drug-likeness (QED) is 0.573. The molecule has 1 rings (SSSR count). The molecule has 0 fully saturated rings. The third-order valence-electron chi connectivity index (χ3n) is 1.60. The van der Waals surface area contributed by atoms with E-state index in [4.69, 9.17) is 11.6 Å². The van der Waals surface area contributed by atoms with Crippen molar-refractivity contribution in [3.05, 3.63) is 22.8 Å². The van der Waals surface area contributed by atoms with Gasteiger partial charge in [0.15, 0.2) is 0 Å². The minimum atomic E-state index is -0.692. The fraction of sp³-hybridized carbons (Fsp3) is 0.500. The molecule has 0 bridgehead atoms. The van der Waals surface area contributed by atoms with E-state index in [2.05, 4.69) is 0 Å². The van der Waals surface area contributed by atoms with Crippen LogP contribution in [0.4, 0.5) is 0 Å². The summed E-state index contributed by atoms with van der Waals surface area (Å²) in [6, 6.07) is 0. The van der Waals surface area contributed by atoms with E-state index in [9.17, 15) is 5.11 Å². The summed E-state index contributed by atoms with van der Waals surface area (Å²) in [6.45, 7) is 3.67. The summed E-state index contributed by atoms with van der Waals surface area (Å²) >= 11 is 5.78. The molecule has 1 atom stereocenters. The van der Waals surface area contributed by atoms with E-state index in [1.165, 1.54) is 0 Å². The Bertz CT molecular complexity index is 201. The van der Waals surface area contributed by atoms with Crippen LogP contribution in [0.25, 0.3) is 0 Å². The van der Waals surface area contributed by atoms with Crippen molar-refractivity contribution in [2.75, 3.05) is 0 Å². The second-order valence-electron chi connectivity index (χ2n) is 2.94. The topological polar surface area (TPSA) is 20.2 Å². The molecule has 1 aliphatic carbocycles. The lowest BCUT2D eigenvalue weighted by Gasteiger charge is -2.22. The number of hydrogen-bond acceptors (Lipinski definition) is 1. The third kappa shape index (κ3) is 1.61. The van der Waals surface area contributed by atoms with Gasteiger partial charge in [0, 0.05) is 5.03 Å². The van der Waals surface area contributed by atoms with E-state index < -0.39 is 5.60 Å². The molecule has 2 heteroatoms. The molecule has 0 aliphatic heterocycles. The summed E-state index contributed by atoms with van der Waals surface area (Å²) < 4.78 is 0. The molecule has 0 saturated heterocycles. The van der Waals surface area contributed by atoms with Gasteiger partial charge in [0.05, 0.1) is 5.60 Å². The van der Waals surface area contributed by atoms with E-state index >= 15 is 0 Å². The van der Waals surface area contributed by atoms with Gasteiger partial charge in [0.2, 0.25) is 0 Å². The molecule has 1 aliphatic rings. The Morgan fingerprint density at radius 1 is 1.70 bits per heavy atom. The van der Waals surface area contributed by atoms with Crippen LogP contribution >= 0.6 is 11.6 Å². The highest BCUT2D eigenvalue weighted by molar-refractivity contribution is 6.32. The highest BCUT2D eigenvalue weighted by atomic mass is 35.5. The van der Waals surface area contributed by atoms with Crippen LogP contribution in [0.1, 0.15) is 20.3 Å². The Balaban J connectivity index is 2.87. The average molecular weight is 159 g/mol. The number of rotatable bonds is 0. The summed E-state index contributed by atoms with van der Waals surface area (Å²) in [5, 5.41) is 10.2. The van der Waals surface area contributed by atoms with Crippen LogP contribution in [0.5, 0.6) is 0 Å². The lowest BCUT2D eigenvalue weighted by Crippen LogP contribution is -2.22. The van der Waals surface area contributed by atoms with Gasteiger partial charge in [-0.25, -0.2) is 0 Å². The van der Waals surface area contributed by atoms with Gasteiger partial charge in [-0.2, -0.15) is 0 Å². The first-order valence-electron chi connectivity index (χ1n) is 3.29. The van der Waals surface area contributed by atoms with Gasteiger partial charge in [-0.15, -0.1) is 0 Å². The molecule has 0 heterocycles. The van der Waals surface area contributed by atoms with Gasteiger partial charge in [-0.1, -0.05) is 17.7 Å². The van der Waals surface area contributed by atoms with Gasteiger partial charge in [0.25, 0.3) is 0 Å². The van der Waals surface area contributed by atoms with Crippen LogP contribution in [-0.4, -0.2) is 10.7 Å². The molecule has 1 unspecified atom stereocenters. The summed E-state index contributed by atoms with van der Waals surface area (Å²) in [5.74, 6) is 0. The minimum absolute atomic E-state index is 0.614. The van der Waals surface area contributed by atoms with E-state index in [1.54, 1.807) is 13.0 Å². The first-order valence-corrected chi connectivity index (χ1v) is 3.67. The van der Waals surface area contributed by atoms with E-state index in [-0.39, 0.29) is 0 Å². The highest BCUT2D eigenvalue weighted by Crippen LogP contribution is 2.27. The van der Waals surface area contributed by atoms with Crippen molar-refractivity contribution < 1.29 is 5.11 Å². The zero-order valence-electron chi connectivity index (χ0n) is 6.19. The SMILES string of the molecule is CC1=CC(C)(O)CC=C1Cl. The minimum Gasteiger partial charge on any atom is -0.386 e. The molecule has 10 heavy (non-hydrogen) atoms. The highest BCUT2D eigenvalue weighted by Gasteiger charge is 2.20. The maximum absolute atomic E-state index is 9.48. The van der Waals surface area contributed by atoms with Crippen LogP contribution in [0.2, 0.25) is 0 Å². The lowest BCUT2D eigenvalue weighted by atomic mass is 9.94. The molecule has 0 spiro atoms. The Morgan fingerprint density at radius 2 is 2.30 bits per heavy atom. The first-order chi connectivity index (χ1) is 4.51. The number of halogens is 1. The predicted octanol–water partition coefficient (Wildman–Crippen LogP) is 2.21. The molecular weight excluding hydrogens is 148 g/mol. The smallest absolute Gasteiger partial charge is 0.0840 e. The largest absolute Gasteiger partial charge is 0.386 e. The van der Waals surface area contributed by atoms with Gasteiger partial charge >= 0.3 is 0 Å². The van der Waals surface area contributed by atoms with Crippen molar-refractivity contribution in [2.24, 2.45) is 0 Å². The molecule has 1 N–H and O–H groups in total. The van der Waals surface area contributed by atoms with Crippen LogP contribution in [0.15, 0.2) is 22.8 Å². The second kappa shape index (κ2) is 2.40. The zero-order chi connectivity index (χ0) is 7.78. The molecule has 0 aromatic carbocycles. The molecule has 0 radical (unpaired) electrons. The van der Waals surface area contributed by atoms with E-state index in [0.29, 0.717) is 6.42 Å². The number of hydrogen-bond donors (Lipinski definition) is 1. The Hall–Kier alpha value is -0.270. The third-order valence-corrected chi connectivity index (χ3v) is 2.05. The molecule has 0 aromatic rings. The van der Waals surface area contributed by atoms with Crippen molar-refractivity contribution >= 4 is 11.6 Å². The van der Waals surface area contributed by atoms with Crippen LogP contribution < -0.4 is 0 Å². The van der Waals surface area contributed by atoms with Crippen molar-refractivity contribution in [1.82, 2.24) is 0 Å². The Kier molecular flexibility index (Phi) is 1.88. The van der Waals surface area contributed by atoms with Gasteiger partial charge in [-0.05, 0) is 31.9 Å². The van der Waals surface area contributed by atoms with E-state index in [1.807, 2.05) is 13.0 Å². The maximum Gasteiger partial charge on any atom is 0.0840 e. The summed E-state index contributed by atoms with van der Waals surface area (Å²) in [6.07, 6.45) is 4.25. The maximum atomic E-state index is 9.48. The average Bonchev–Trinajstić information content (AvgIpc) is 1.79. The van der Waals surface area contributed by atoms with Crippen LogP contribution in [-0.2, 0) is 0 Å². The van der Waals surface area contributed by atoms with Crippen LogP contribution in [0, 0.1) is 0 Å². The first kappa shape index (κ1) is 7.83. The normalized spacial score (nSPS) is 33.2. The standard InChI is InChI=1S/C8H11ClO/c1-6-5-8(2,10)4-3-7(6)9/h3,5,10H,4H2,1-2H3. The molecule has 56 valence electrons. The van der Waals surface area contributed by atoms with Crippen LogP contribution in [0.3, 0.4) is 0 Å². The summed E-state index contributed by atoms with van der Waals surface area (Å²) in [4.78, 5) is 0. The van der Waals surface area contributed by atoms with Crippen molar-refractivity contribution in [1.29, 1.82) is 0 Å². The van der Waals surface area contributed by atoms with Crippen molar-refractivity contribution in [2.45, 2.75) is 25.9 Å². The lowest BCUT2D eigenvalue weighted by molar-refractivity contribution is 0.113. The van der Waals surface area contributed by atoms with Crippen molar-refractivity contribution in [3.8, 4) is 0 Å². The Morgan fingerprint density at radius 3 is 2.70 bits per heavy atom. The fourth-order valence-corrected chi connectivity index (χ4v) is 1.18. The molecular formula is C8H11ClO. The second-order valence-corrected chi connectivity index (χ2v) is 3.35. The van der Waals surface area contributed by atoms with Crippen molar-refractivity contribution in [3.63, 3.8) is 0 Å². The van der Waals surface area contributed by atoms with Gasteiger partial charge in [-0.3, -0.25) is 0 Å². The summed E-state index contributed by atoms with van der Waals surface area (Å²) in [5.41, 5.74) is 0.264. The molecule has 0 amide bonds. The van der Waals surface area contributed by atoms with Gasteiger partial charge in [0.1, 0.15) is 0 Å².